The van der Waals surface area contributed by atoms with E-state index in [0.717, 1.165) is 23.3 Å². The molecule has 5 heteroatoms. The van der Waals surface area contributed by atoms with Crippen molar-refractivity contribution in [3.63, 3.8) is 0 Å². The van der Waals surface area contributed by atoms with E-state index in [4.69, 9.17) is 15.2 Å². The molecule has 0 unspecified atom stereocenters. The third-order valence-electron chi connectivity index (χ3n) is 4.36. The van der Waals surface area contributed by atoms with E-state index in [-0.39, 0.29) is 11.7 Å². The third-order valence-corrected chi connectivity index (χ3v) is 4.36. The second-order valence-corrected chi connectivity index (χ2v) is 5.77. The van der Waals surface area contributed by atoms with Crippen molar-refractivity contribution in [1.29, 1.82) is 5.26 Å². The van der Waals surface area contributed by atoms with Crippen molar-refractivity contribution in [1.82, 2.24) is 0 Å². The van der Waals surface area contributed by atoms with Crippen LogP contribution in [0.2, 0.25) is 0 Å². The Labute approximate surface area is 135 Å². The molecule has 1 aromatic rings. The number of carbonyl (C=O) groups is 1. The highest BCUT2D eigenvalue weighted by atomic mass is 16.5. The van der Waals surface area contributed by atoms with Crippen molar-refractivity contribution in [2.24, 2.45) is 5.73 Å². The van der Waals surface area contributed by atoms with Gasteiger partial charge in [0.15, 0.2) is 5.78 Å². The summed E-state index contributed by atoms with van der Waals surface area (Å²) in [5, 5.41) is 9.51. The average Bonchev–Trinajstić information content (AvgIpc) is 2.53. The van der Waals surface area contributed by atoms with Crippen molar-refractivity contribution < 1.29 is 14.3 Å². The number of hydrogen-bond acceptors (Lipinski definition) is 5. The summed E-state index contributed by atoms with van der Waals surface area (Å²) < 4.78 is 10.8. The number of nitriles is 1. The highest BCUT2D eigenvalue weighted by molar-refractivity contribution is 5.99. The van der Waals surface area contributed by atoms with Gasteiger partial charge in [-0.25, -0.2) is 0 Å². The normalized spacial score (nSPS) is 20.7. The summed E-state index contributed by atoms with van der Waals surface area (Å²) in [7, 11) is 1.61. The van der Waals surface area contributed by atoms with Crippen LogP contribution in [-0.2, 0) is 9.53 Å². The molecule has 0 fully saturated rings. The molecule has 3 rings (SSSR count). The zero-order valence-electron chi connectivity index (χ0n) is 13.2. The van der Waals surface area contributed by atoms with E-state index in [9.17, 15) is 10.1 Å². The Morgan fingerprint density at radius 2 is 2.17 bits per heavy atom. The van der Waals surface area contributed by atoms with Crippen molar-refractivity contribution >= 4 is 5.78 Å². The van der Waals surface area contributed by atoms with E-state index >= 15 is 0 Å². The first-order chi connectivity index (χ1) is 11.1. The predicted molar refractivity (Wildman–Crippen MR) is 84.3 cm³/mol. The largest absolute Gasteiger partial charge is 0.496 e. The van der Waals surface area contributed by atoms with Crippen molar-refractivity contribution in [2.75, 3.05) is 7.11 Å². The molecular weight excluding hydrogens is 292 g/mol. The second kappa shape index (κ2) is 5.81. The molecule has 0 bridgehead atoms. The van der Waals surface area contributed by atoms with Gasteiger partial charge in [0.2, 0.25) is 5.88 Å². The first kappa shape index (κ1) is 15.2. The smallest absolute Gasteiger partial charge is 0.205 e. The van der Waals surface area contributed by atoms with E-state index in [1.165, 1.54) is 0 Å². The fourth-order valence-corrected chi connectivity index (χ4v) is 3.27. The molecule has 1 aliphatic heterocycles. The van der Waals surface area contributed by atoms with Crippen LogP contribution in [0.25, 0.3) is 0 Å². The minimum Gasteiger partial charge on any atom is -0.496 e. The number of nitrogens with two attached hydrogens (primary N) is 1. The SMILES string of the molecule is COc1ccc([C@@H]2C(C#N)=C(N)OC3=C2C(=O)CCC3)cc1C. The van der Waals surface area contributed by atoms with E-state index in [1.807, 2.05) is 25.1 Å². The van der Waals surface area contributed by atoms with Crippen LogP contribution in [0.1, 0.15) is 36.3 Å². The van der Waals surface area contributed by atoms with Crippen LogP contribution in [0, 0.1) is 18.3 Å². The first-order valence-corrected chi connectivity index (χ1v) is 7.55. The molecule has 118 valence electrons. The van der Waals surface area contributed by atoms with Gasteiger partial charge in [0, 0.05) is 18.4 Å². The molecule has 2 N–H and O–H groups in total. The third kappa shape index (κ3) is 2.46. The topological polar surface area (TPSA) is 85.3 Å². The lowest BCUT2D eigenvalue weighted by Gasteiger charge is -2.31. The van der Waals surface area contributed by atoms with Gasteiger partial charge in [-0.15, -0.1) is 0 Å². The number of benzene rings is 1. The Balaban J connectivity index is 2.17. The fraction of sp³-hybridized carbons (Fsp3) is 0.333. The molecular formula is C18H18N2O3. The van der Waals surface area contributed by atoms with Gasteiger partial charge in [-0.1, -0.05) is 12.1 Å². The summed E-state index contributed by atoms with van der Waals surface area (Å²) >= 11 is 0. The Morgan fingerprint density at radius 1 is 1.39 bits per heavy atom. The number of allylic oxidation sites excluding steroid dienone is 3. The molecule has 0 saturated heterocycles. The maximum Gasteiger partial charge on any atom is 0.205 e. The first-order valence-electron chi connectivity index (χ1n) is 7.55. The molecule has 0 radical (unpaired) electrons. The maximum absolute atomic E-state index is 12.5. The molecule has 1 aromatic carbocycles. The van der Waals surface area contributed by atoms with Gasteiger partial charge in [-0.2, -0.15) is 5.26 Å². The summed E-state index contributed by atoms with van der Waals surface area (Å²) in [4.78, 5) is 12.5. The van der Waals surface area contributed by atoms with Gasteiger partial charge in [-0.05, 0) is 30.5 Å². The molecule has 0 saturated carbocycles. The van der Waals surface area contributed by atoms with Gasteiger partial charge in [0.1, 0.15) is 23.2 Å². The van der Waals surface area contributed by atoms with Crippen molar-refractivity contribution in [3.05, 3.63) is 52.1 Å². The van der Waals surface area contributed by atoms with Crippen LogP contribution >= 0.6 is 0 Å². The summed E-state index contributed by atoms with van der Waals surface area (Å²) in [5.74, 6) is 1.04. The van der Waals surface area contributed by atoms with Crippen LogP contribution in [0.3, 0.4) is 0 Å². The lowest BCUT2D eigenvalue weighted by atomic mass is 9.77. The molecule has 1 heterocycles. The molecule has 1 aliphatic carbocycles. The van der Waals surface area contributed by atoms with E-state index < -0.39 is 5.92 Å². The number of nitrogens with zero attached hydrogens (tertiary/aromatic N) is 1. The summed E-state index contributed by atoms with van der Waals surface area (Å²) in [6.07, 6.45) is 1.90. The number of hydrogen-bond donors (Lipinski definition) is 1. The minimum absolute atomic E-state index is 0.0324. The molecule has 0 spiro atoms. The number of ketones is 1. The Hall–Kier alpha value is -2.74. The predicted octanol–water partition coefficient (Wildman–Crippen LogP) is 2.82. The Bertz CT molecular complexity index is 784. The molecule has 2 aliphatic rings. The number of rotatable bonds is 2. The summed E-state index contributed by atoms with van der Waals surface area (Å²) in [5.41, 5.74) is 8.60. The van der Waals surface area contributed by atoms with Crippen molar-refractivity contribution in [2.45, 2.75) is 32.1 Å². The summed E-state index contributed by atoms with van der Waals surface area (Å²) in [6, 6.07) is 7.77. The van der Waals surface area contributed by atoms with E-state index in [0.29, 0.717) is 29.7 Å². The number of carbonyl (C=O) groups excluding carboxylic acids is 1. The highest BCUT2D eigenvalue weighted by Crippen LogP contribution is 2.43. The van der Waals surface area contributed by atoms with Crippen LogP contribution in [0.4, 0.5) is 0 Å². The zero-order chi connectivity index (χ0) is 16.6. The molecule has 0 aromatic heterocycles. The van der Waals surface area contributed by atoms with Gasteiger partial charge >= 0.3 is 0 Å². The van der Waals surface area contributed by atoms with E-state index in [1.54, 1.807) is 7.11 Å². The fourth-order valence-electron chi connectivity index (χ4n) is 3.27. The number of methoxy groups -OCH3 is 1. The lowest BCUT2D eigenvalue weighted by Crippen LogP contribution is -2.27. The Kier molecular flexibility index (Phi) is 3.83. The van der Waals surface area contributed by atoms with Gasteiger partial charge in [0.05, 0.1) is 13.0 Å². The Morgan fingerprint density at radius 3 is 2.83 bits per heavy atom. The zero-order valence-corrected chi connectivity index (χ0v) is 13.2. The quantitative estimate of drug-likeness (QED) is 0.907. The number of ether oxygens (including phenoxy) is 2. The number of aryl methyl sites for hydroxylation is 1. The van der Waals surface area contributed by atoms with Crippen LogP contribution in [-0.4, -0.2) is 12.9 Å². The molecule has 0 amide bonds. The van der Waals surface area contributed by atoms with Crippen LogP contribution in [0.5, 0.6) is 5.75 Å². The monoisotopic (exact) mass is 310 g/mol. The maximum atomic E-state index is 12.5. The van der Waals surface area contributed by atoms with Crippen molar-refractivity contribution in [3.8, 4) is 11.8 Å². The molecule has 23 heavy (non-hydrogen) atoms. The van der Waals surface area contributed by atoms with Gasteiger partial charge < -0.3 is 15.2 Å². The molecule has 1 atom stereocenters. The molecule has 5 nitrogen and oxygen atoms in total. The number of Topliss-reactive ketones (excluding diaryl/α,β-unsaturated/α-hetero) is 1. The summed E-state index contributed by atoms with van der Waals surface area (Å²) in [6.45, 7) is 1.93. The highest BCUT2D eigenvalue weighted by Gasteiger charge is 2.38. The van der Waals surface area contributed by atoms with E-state index in [2.05, 4.69) is 6.07 Å². The van der Waals surface area contributed by atoms with Crippen LogP contribution < -0.4 is 10.5 Å². The van der Waals surface area contributed by atoms with Gasteiger partial charge in [0.25, 0.3) is 0 Å². The standard InChI is InChI=1S/C18H18N2O3/c1-10-8-11(6-7-14(10)22-2)16-12(9-19)18(20)23-15-5-3-4-13(21)17(15)16/h6-8,16H,3-5,20H2,1-2H3/t16-/m1/s1. The average molecular weight is 310 g/mol. The lowest BCUT2D eigenvalue weighted by molar-refractivity contribution is -0.116. The van der Waals surface area contributed by atoms with Gasteiger partial charge in [-0.3, -0.25) is 4.79 Å². The second-order valence-electron chi connectivity index (χ2n) is 5.77. The van der Waals surface area contributed by atoms with Crippen LogP contribution in [0.15, 0.2) is 41.0 Å². The minimum atomic E-state index is -0.457.